The van der Waals surface area contributed by atoms with Crippen molar-refractivity contribution in [2.24, 2.45) is 11.8 Å². The summed E-state index contributed by atoms with van der Waals surface area (Å²) in [4.78, 5) is 27.8. The van der Waals surface area contributed by atoms with Gasteiger partial charge in [-0.05, 0) is 64.9 Å². The number of methoxy groups -OCH3 is 3. The van der Waals surface area contributed by atoms with E-state index in [1.165, 1.54) is 0 Å². The van der Waals surface area contributed by atoms with Gasteiger partial charge in [-0.1, -0.05) is 44.2 Å². The van der Waals surface area contributed by atoms with E-state index < -0.39 is 24.4 Å². The smallest absolute Gasteiger partial charge is 0.481 e. The summed E-state index contributed by atoms with van der Waals surface area (Å²) in [5.41, 5.74) is 1.82. The van der Waals surface area contributed by atoms with Crippen molar-refractivity contribution in [3.05, 3.63) is 53.1 Å². The van der Waals surface area contributed by atoms with Crippen LogP contribution in [0, 0.1) is 11.8 Å². The highest BCUT2D eigenvalue weighted by atomic mass is 16.7. The number of ether oxygens (including phenoxy) is 3. The van der Waals surface area contributed by atoms with Crippen LogP contribution in [-0.2, 0) is 38.2 Å². The zero-order valence-corrected chi connectivity index (χ0v) is 27.7. The van der Waals surface area contributed by atoms with Gasteiger partial charge in [0.05, 0.1) is 38.5 Å². The maximum Gasteiger partial charge on any atom is 0.481 e. The van der Waals surface area contributed by atoms with Gasteiger partial charge in [-0.3, -0.25) is 9.59 Å². The van der Waals surface area contributed by atoms with E-state index in [1.54, 1.807) is 27.4 Å². The lowest BCUT2D eigenvalue weighted by atomic mass is 9.73. The van der Waals surface area contributed by atoms with Crippen LogP contribution in [0.25, 0.3) is 0 Å². The van der Waals surface area contributed by atoms with Crippen LogP contribution >= 0.6 is 0 Å². The zero-order valence-electron chi connectivity index (χ0n) is 27.7. The molecule has 10 heteroatoms. The van der Waals surface area contributed by atoms with Crippen molar-refractivity contribution in [3.63, 3.8) is 0 Å². The summed E-state index contributed by atoms with van der Waals surface area (Å²) in [6.07, 6.45) is 2.72. The highest BCUT2D eigenvalue weighted by Gasteiger charge is 2.54. The van der Waals surface area contributed by atoms with Crippen LogP contribution in [0.4, 0.5) is 0 Å². The normalized spacial score (nSPS) is 20.0. The van der Waals surface area contributed by atoms with Gasteiger partial charge in [-0.15, -0.1) is 0 Å². The Morgan fingerprint density at radius 2 is 1.57 bits per heavy atom. The van der Waals surface area contributed by atoms with E-state index in [-0.39, 0.29) is 29.6 Å². The topological polar surface area (TPSA) is 104 Å². The number of amides is 2. The van der Waals surface area contributed by atoms with Crippen LogP contribution in [0.1, 0.15) is 71.1 Å². The molecule has 1 fully saturated rings. The second-order valence-electron chi connectivity index (χ2n) is 13.3. The van der Waals surface area contributed by atoms with E-state index in [2.05, 4.69) is 24.5 Å². The average molecular weight is 609 g/mol. The number of fused-ring (bicyclic) bond motifs is 1. The number of hydrogen-bond acceptors (Lipinski definition) is 7. The molecule has 2 aliphatic rings. The largest absolute Gasteiger partial charge is 0.496 e. The predicted octanol–water partition coefficient (Wildman–Crippen LogP) is 4.71. The molecule has 0 radical (unpaired) electrons. The van der Waals surface area contributed by atoms with Crippen LogP contribution < -0.4 is 24.8 Å². The molecule has 240 valence electrons. The molecule has 2 amide bonds. The minimum absolute atomic E-state index is 0.167. The first-order valence-corrected chi connectivity index (χ1v) is 15.6. The lowest BCUT2D eigenvalue weighted by Crippen LogP contribution is -2.56. The summed E-state index contributed by atoms with van der Waals surface area (Å²) in [5.74, 6) is 1.07. The molecule has 1 aliphatic carbocycles. The van der Waals surface area contributed by atoms with Crippen molar-refractivity contribution < 1.29 is 33.1 Å². The fourth-order valence-corrected chi connectivity index (χ4v) is 6.07. The second kappa shape index (κ2) is 13.8. The summed E-state index contributed by atoms with van der Waals surface area (Å²) in [6, 6.07) is 10.8. The van der Waals surface area contributed by atoms with Gasteiger partial charge in [-0.25, -0.2) is 0 Å². The highest BCUT2D eigenvalue weighted by molar-refractivity contribution is 6.48. The van der Waals surface area contributed by atoms with Crippen molar-refractivity contribution in [1.29, 1.82) is 0 Å². The first-order chi connectivity index (χ1) is 20.8. The molecule has 4 rings (SSSR count). The number of carbonyl (C=O) groups excluding carboxylic acids is 2. The number of benzene rings is 2. The average Bonchev–Trinajstić information content (AvgIpc) is 3.21. The maximum atomic E-state index is 14.0. The molecule has 0 spiro atoms. The monoisotopic (exact) mass is 608 g/mol. The zero-order chi connectivity index (χ0) is 32.2. The minimum Gasteiger partial charge on any atom is -0.496 e. The lowest BCUT2D eigenvalue weighted by Gasteiger charge is -2.32. The van der Waals surface area contributed by atoms with Gasteiger partial charge < -0.3 is 34.2 Å². The van der Waals surface area contributed by atoms with Crippen molar-refractivity contribution in [2.75, 3.05) is 21.3 Å². The van der Waals surface area contributed by atoms with Crippen LogP contribution in [0.3, 0.4) is 0 Å². The van der Waals surface area contributed by atoms with Crippen molar-refractivity contribution in [3.8, 4) is 17.2 Å². The van der Waals surface area contributed by atoms with Crippen molar-refractivity contribution >= 4 is 18.9 Å². The molecule has 9 nitrogen and oxygen atoms in total. The summed E-state index contributed by atoms with van der Waals surface area (Å²) in [6.45, 7) is 12.2. The van der Waals surface area contributed by atoms with Crippen LogP contribution in [0.2, 0.25) is 0 Å². The molecule has 1 saturated heterocycles. The second-order valence-corrected chi connectivity index (χ2v) is 13.3. The summed E-state index contributed by atoms with van der Waals surface area (Å²) >= 11 is 0. The summed E-state index contributed by atoms with van der Waals surface area (Å²) in [7, 11) is 4.22. The summed E-state index contributed by atoms with van der Waals surface area (Å²) in [5, 5.41) is 6.31. The first kappa shape index (κ1) is 33.7. The minimum atomic E-state index is -0.782. The quantitative estimate of drug-likeness (QED) is 0.337. The third-order valence-electron chi connectivity index (χ3n) is 9.20. The Morgan fingerprint density at radius 3 is 2.14 bits per heavy atom. The van der Waals surface area contributed by atoms with Gasteiger partial charge in [0, 0.05) is 29.5 Å². The number of carbonyl (C=O) groups is 2. The molecule has 1 aliphatic heterocycles. The molecule has 0 saturated carbocycles. The molecule has 3 atom stereocenters. The highest BCUT2D eigenvalue weighted by Crippen LogP contribution is 2.44. The number of hydrogen-bond donors (Lipinski definition) is 2. The van der Waals surface area contributed by atoms with Gasteiger partial charge >= 0.3 is 7.12 Å². The van der Waals surface area contributed by atoms with Crippen LogP contribution in [0.15, 0.2) is 36.4 Å². The van der Waals surface area contributed by atoms with E-state index in [4.69, 9.17) is 23.5 Å². The molecule has 2 unspecified atom stereocenters. The fourth-order valence-electron chi connectivity index (χ4n) is 6.07. The Balaban J connectivity index is 1.56. The van der Waals surface area contributed by atoms with Crippen molar-refractivity contribution in [2.45, 2.75) is 96.8 Å². The van der Waals surface area contributed by atoms with Crippen LogP contribution in [-0.4, -0.2) is 63.4 Å². The molecule has 2 aromatic carbocycles. The SMILES string of the molecule is COc1cc(OC)c(OC)c2c1CC(C(=O)N[C@@H](Cc1ccccc1)C(=O)NC(CC(C)C)B1OC(C)(C)C(C)(C)O1)CC2. The third-order valence-corrected chi connectivity index (χ3v) is 9.20. The van der Waals surface area contributed by atoms with Gasteiger partial charge in [0.25, 0.3) is 0 Å². The molecule has 2 N–H and O–H groups in total. The molecule has 0 bridgehead atoms. The Kier molecular flexibility index (Phi) is 10.6. The molecule has 0 aromatic heterocycles. The maximum absolute atomic E-state index is 14.0. The number of nitrogens with one attached hydrogen (secondary N) is 2. The number of rotatable bonds is 12. The van der Waals surface area contributed by atoms with Crippen molar-refractivity contribution in [1.82, 2.24) is 10.6 Å². The molecular weight excluding hydrogens is 559 g/mol. The Hall–Kier alpha value is -3.24. The molecular formula is C34H49BN2O7. The Labute approximate surface area is 262 Å². The predicted molar refractivity (Wildman–Crippen MR) is 171 cm³/mol. The van der Waals surface area contributed by atoms with Gasteiger partial charge in [0.15, 0.2) is 11.5 Å². The standard InChI is InChI=1S/C34H49BN2O7/c1-21(2)17-29(35-43-33(3,4)34(5,6)44-35)37-32(39)26(18-22-13-11-10-12-14-22)36-31(38)23-15-16-24-25(19-23)27(40-7)20-28(41-8)30(24)42-9/h10-14,20-21,23,26,29H,15-19H2,1-9H3,(H,36,38)(H,37,39)/t23?,26-,29?/m0/s1. The first-order valence-electron chi connectivity index (χ1n) is 15.6. The van der Waals surface area contributed by atoms with E-state index in [0.717, 1.165) is 16.7 Å². The molecule has 1 heterocycles. The van der Waals surface area contributed by atoms with E-state index >= 15 is 0 Å². The molecule has 2 aromatic rings. The van der Waals surface area contributed by atoms with Gasteiger partial charge in [-0.2, -0.15) is 0 Å². The fraction of sp³-hybridized carbons (Fsp3) is 0.588. The van der Waals surface area contributed by atoms with E-state index in [0.29, 0.717) is 49.4 Å². The molecule has 44 heavy (non-hydrogen) atoms. The lowest BCUT2D eigenvalue weighted by molar-refractivity contribution is -0.131. The summed E-state index contributed by atoms with van der Waals surface area (Å²) < 4.78 is 29.5. The van der Waals surface area contributed by atoms with Gasteiger partial charge in [0.2, 0.25) is 11.8 Å². The third kappa shape index (κ3) is 7.34. The van der Waals surface area contributed by atoms with Crippen LogP contribution in [0.5, 0.6) is 17.2 Å². The Morgan fingerprint density at radius 1 is 0.932 bits per heavy atom. The van der Waals surface area contributed by atoms with Gasteiger partial charge in [0.1, 0.15) is 11.8 Å². The van der Waals surface area contributed by atoms with E-state index in [9.17, 15) is 9.59 Å². The van der Waals surface area contributed by atoms with E-state index in [1.807, 2.05) is 58.0 Å². The Bertz CT molecular complexity index is 1300.